The summed E-state index contributed by atoms with van der Waals surface area (Å²) in [7, 11) is 0. The Balaban J connectivity index is 1.83. The fourth-order valence-corrected chi connectivity index (χ4v) is 2.27. The number of nitrogens with one attached hydrogen (secondary N) is 1. The van der Waals surface area contributed by atoms with Gasteiger partial charge in [-0.25, -0.2) is 0 Å². The van der Waals surface area contributed by atoms with E-state index in [0.29, 0.717) is 13.1 Å². The van der Waals surface area contributed by atoms with E-state index in [1.807, 2.05) is 53.4 Å². The van der Waals surface area contributed by atoms with Crippen LogP contribution in [0.15, 0.2) is 48.8 Å². The molecule has 4 nitrogen and oxygen atoms in total. The van der Waals surface area contributed by atoms with Gasteiger partial charge in [-0.2, -0.15) is 0 Å². The summed E-state index contributed by atoms with van der Waals surface area (Å²) >= 11 is 0. The number of rotatable bonds is 7. The maximum absolute atomic E-state index is 11.9. The first-order valence-electron chi connectivity index (χ1n) is 7.41. The molecule has 0 fully saturated rings. The monoisotopic (exact) mass is 285 g/mol. The van der Waals surface area contributed by atoms with Crippen molar-refractivity contribution in [1.82, 2.24) is 9.88 Å². The Labute approximate surface area is 126 Å². The summed E-state index contributed by atoms with van der Waals surface area (Å²) in [6, 6.07) is 11.9. The molecule has 1 aromatic heterocycles. The number of carbonyl (C=O) groups is 1. The summed E-state index contributed by atoms with van der Waals surface area (Å²) in [6.45, 7) is 3.00. The second-order valence-electron chi connectivity index (χ2n) is 5.27. The fraction of sp³-hybridized carbons (Fsp3) is 0.353. The minimum Gasteiger partial charge on any atom is -0.350 e. The summed E-state index contributed by atoms with van der Waals surface area (Å²) in [5.41, 5.74) is 8.26. The van der Waals surface area contributed by atoms with Gasteiger partial charge in [-0.3, -0.25) is 4.79 Å². The smallest absolute Gasteiger partial charge is 0.240 e. The molecule has 0 radical (unpaired) electrons. The van der Waals surface area contributed by atoms with Crippen LogP contribution >= 0.6 is 0 Å². The Hall–Kier alpha value is -2.07. The van der Waals surface area contributed by atoms with Gasteiger partial charge in [-0.1, -0.05) is 43.7 Å². The number of aromatic nitrogens is 1. The van der Waals surface area contributed by atoms with E-state index in [9.17, 15) is 4.79 Å². The lowest BCUT2D eigenvalue weighted by Gasteiger charge is -2.08. The van der Waals surface area contributed by atoms with E-state index >= 15 is 0 Å². The van der Waals surface area contributed by atoms with Gasteiger partial charge in [0.25, 0.3) is 0 Å². The van der Waals surface area contributed by atoms with E-state index < -0.39 is 0 Å². The van der Waals surface area contributed by atoms with Crippen molar-refractivity contribution in [3.05, 3.63) is 59.9 Å². The molecule has 0 aliphatic carbocycles. The number of hydrogen-bond donors (Lipinski definition) is 2. The zero-order valence-electron chi connectivity index (χ0n) is 12.5. The van der Waals surface area contributed by atoms with Crippen molar-refractivity contribution < 1.29 is 4.79 Å². The third-order valence-electron chi connectivity index (χ3n) is 3.46. The third-order valence-corrected chi connectivity index (χ3v) is 3.46. The maximum atomic E-state index is 11.9. The number of benzene rings is 1. The van der Waals surface area contributed by atoms with E-state index in [2.05, 4.69) is 12.2 Å². The summed E-state index contributed by atoms with van der Waals surface area (Å²) in [5, 5.41) is 2.92. The highest BCUT2D eigenvalue weighted by Gasteiger charge is 2.08. The first-order chi connectivity index (χ1) is 10.2. The first-order valence-corrected chi connectivity index (χ1v) is 7.41. The average molecular weight is 285 g/mol. The van der Waals surface area contributed by atoms with E-state index in [1.54, 1.807) is 0 Å². The van der Waals surface area contributed by atoms with E-state index in [-0.39, 0.29) is 11.9 Å². The molecule has 0 spiro atoms. The van der Waals surface area contributed by atoms with E-state index in [4.69, 9.17) is 5.73 Å². The van der Waals surface area contributed by atoms with Crippen molar-refractivity contribution in [2.75, 3.05) is 0 Å². The highest BCUT2D eigenvalue weighted by atomic mass is 16.1. The number of carbonyl (C=O) groups excluding carboxylic acids is 1. The summed E-state index contributed by atoms with van der Waals surface area (Å²) in [4.78, 5) is 11.9. The molecule has 0 saturated carbocycles. The van der Waals surface area contributed by atoms with Crippen LogP contribution in [0.2, 0.25) is 0 Å². The maximum Gasteiger partial charge on any atom is 0.240 e. The van der Waals surface area contributed by atoms with Gasteiger partial charge in [-0.05, 0) is 23.6 Å². The lowest BCUT2D eigenvalue weighted by atomic mass is 10.1. The van der Waals surface area contributed by atoms with Gasteiger partial charge >= 0.3 is 0 Å². The van der Waals surface area contributed by atoms with Gasteiger partial charge in [0, 0.05) is 25.0 Å². The molecule has 1 unspecified atom stereocenters. The van der Waals surface area contributed by atoms with Crippen LogP contribution < -0.4 is 11.1 Å². The molecule has 0 bridgehead atoms. The van der Waals surface area contributed by atoms with Crippen LogP contribution in [-0.4, -0.2) is 10.5 Å². The first kappa shape index (κ1) is 15.3. The van der Waals surface area contributed by atoms with Crippen molar-refractivity contribution in [2.45, 2.75) is 38.9 Å². The van der Waals surface area contributed by atoms with Crippen molar-refractivity contribution in [3.63, 3.8) is 0 Å². The highest BCUT2D eigenvalue weighted by Crippen LogP contribution is 2.15. The summed E-state index contributed by atoms with van der Waals surface area (Å²) < 4.78 is 1.88. The topological polar surface area (TPSA) is 60.0 Å². The van der Waals surface area contributed by atoms with Crippen LogP contribution in [0.4, 0.5) is 0 Å². The molecule has 2 rings (SSSR count). The second-order valence-corrected chi connectivity index (χ2v) is 5.27. The van der Waals surface area contributed by atoms with E-state index in [0.717, 1.165) is 24.0 Å². The lowest BCUT2D eigenvalue weighted by Crippen LogP contribution is -2.26. The molecule has 2 aromatic rings. The van der Waals surface area contributed by atoms with Gasteiger partial charge in [0.15, 0.2) is 0 Å². The standard InChI is InChI=1S/C17H23N3O/c1-2-6-16(18)15-9-10-20(12-15)13-17(21)19-11-14-7-4-3-5-8-14/h3-5,7-10,12,16H,2,6,11,13,18H2,1H3,(H,19,21). The van der Waals surface area contributed by atoms with Crippen molar-refractivity contribution in [2.24, 2.45) is 5.73 Å². The van der Waals surface area contributed by atoms with E-state index in [1.165, 1.54) is 0 Å². The van der Waals surface area contributed by atoms with Crippen LogP contribution in [0.3, 0.4) is 0 Å². The Morgan fingerprint density at radius 1 is 1.29 bits per heavy atom. The number of nitrogens with two attached hydrogens (primary N) is 1. The molecule has 0 saturated heterocycles. The fourth-order valence-electron chi connectivity index (χ4n) is 2.27. The molecule has 112 valence electrons. The van der Waals surface area contributed by atoms with Crippen molar-refractivity contribution >= 4 is 5.91 Å². The molecule has 0 aliphatic rings. The molecule has 1 atom stereocenters. The summed E-state index contributed by atoms with van der Waals surface area (Å²) in [6.07, 6.45) is 5.89. The average Bonchev–Trinajstić information content (AvgIpc) is 2.95. The molecule has 1 aromatic carbocycles. The SMILES string of the molecule is CCCC(N)c1ccn(CC(=O)NCc2ccccc2)c1. The molecular weight excluding hydrogens is 262 g/mol. The van der Waals surface area contributed by atoms with Crippen LogP contribution in [0.5, 0.6) is 0 Å². The van der Waals surface area contributed by atoms with Gasteiger partial charge in [0.2, 0.25) is 5.91 Å². The van der Waals surface area contributed by atoms with Crippen LogP contribution in [0.25, 0.3) is 0 Å². The molecule has 1 heterocycles. The largest absolute Gasteiger partial charge is 0.350 e. The van der Waals surface area contributed by atoms with Crippen LogP contribution in [-0.2, 0) is 17.9 Å². The Morgan fingerprint density at radius 2 is 2.05 bits per heavy atom. The third kappa shape index (κ3) is 4.76. The number of amides is 1. The number of nitrogens with zero attached hydrogens (tertiary/aromatic N) is 1. The number of hydrogen-bond acceptors (Lipinski definition) is 2. The second kappa shape index (κ2) is 7.64. The Morgan fingerprint density at radius 3 is 2.76 bits per heavy atom. The lowest BCUT2D eigenvalue weighted by molar-refractivity contribution is -0.121. The molecule has 4 heteroatoms. The molecule has 1 amide bonds. The van der Waals surface area contributed by atoms with Crippen LogP contribution in [0.1, 0.15) is 36.9 Å². The van der Waals surface area contributed by atoms with Gasteiger partial charge < -0.3 is 15.6 Å². The normalized spacial score (nSPS) is 12.1. The Kier molecular flexibility index (Phi) is 5.58. The Bertz CT molecular complexity index is 562. The van der Waals surface area contributed by atoms with Gasteiger partial charge in [0.1, 0.15) is 6.54 Å². The molecule has 21 heavy (non-hydrogen) atoms. The molecule has 3 N–H and O–H groups in total. The minimum absolute atomic E-state index is 0.00469. The zero-order chi connectivity index (χ0) is 15.1. The van der Waals surface area contributed by atoms with Crippen molar-refractivity contribution in [3.8, 4) is 0 Å². The molecule has 0 aliphatic heterocycles. The quantitative estimate of drug-likeness (QED) is 0.821. The predicted molar refractivity (Wildman–Crippen MR) is 84.6 cm³/mol. The predicted octanol–water partition coefficient (Wildman–Crippen LogP) is 2.60. The van der Waals surface area contributed by atoms with Crippen molar-refractivity contribution in [1.29, 1.82) is 0 Å². The van der Waals surface area contributed by atoms with Crippen LogP contribution in [0, 0.1) is 0 Å². The zero-order valence-corrected chi connectivity index (χ0v) is 12.5. The molecular formula is C17H23N3O. The summed E-state index contributed by atoms with van der Waals surface area (Å²) in [5.74, 6) is 0.00469. The minimum atomic E-state index is 0.00469. The highest BCUT2D eigenvalue weighted by molar-refractivity contribution is 5.75. The van der Waals surface area contributed by atoms with Gasteiger partial charge in [-0.15, -0.1) is 0 Å². The van der Waals surface area contributed by atoms with Gasteiger partial charge in [0.05, 0.1) is 0 Å².